The SMILES string of the molecule is NC1(CC=C(Cl)Cl)CCCCCCC1. The average molecular weight is 236 g/mol. The Morgan fingerprint density at radius 3 is 2.07 bits per heavy atom. The smallest absolute Gasteiger partial charge is 0.102 e. The Morgan fingerprint density at radius 1 is 1.07 bits per heavy atom. The van der Waals surface area contributed by atoms with E-state index in [2.05, 4.69) is 0 Å². The third kappa shape index (κ3) is 4.68. The predicted octanol–water partition coefficient (Wildman–Crippen LogP) is 4.14. The van der Waals surface area contributed by atoms with Crippen LogP contribution in [0.25, 0.3) is 0 Å². The van der Waals surface area contributed by atoms with Gasteiger partial charge in [-0.3, -0.25) is 0 Å². The van der Waals surface area contributed by atoms with Gasteiger partial charge in [0.1, 0.15) is 4.49 Å². The second kappa shape index (κ2) is 5.99. The summed E-state index contributed by atoms with van der Waals surface area (Å²) in [5, 5.41) is 0. The first-order valence-electron chi connectivity index (χ1n) is 5.42. The lowest BCUT2D eigenvalue weighted by Crippen LogP contribution is -2.39. The normalized spacial score (nSPS) is 22.2. The van der Waals surface area contributed by atoms with Gasteiger partial charge in [0.05, 0.1) is 0 Å². The molecule has 0 saturated heterocycles. The van der Waals surface area contributed by atoms with Gasteiger partial charge in [-0.15, -0.1) is 0 Å². The molecule has 1 saturated carbocycles. The molecular formula is C11H19Cl2N. The minimum Gasteiger partial charge on any atom is -0.325 e. The van der Waals surface area contributed by atoms with Crippen LogP contribution in [0, 0.1) is 0 Å². The van der Waals surface area contributed by atoms with E-state index in [0.29, 0.717) is 4.49 Å². The van der Waals surface area contributed by atoms with E-state index in [-0.39, 0.29) is 5.54 Å². The van der Waals surface area contributed by atoms with E-state index in [1.807, 2.05) is 6.08 Å². The Bertz CT molecular complexity index is 189. The molecular weight excluding hydrogens is 217 g/mol. The first-order valence-corrected chi connectivity index (χ1v) is 6.18. The maximum absolute atomic E-state index is 6.31. The first kappa shape index (κ1) is 12.4. The van der Waals surface area contributed by atoms with Crippen molar-refractivity contribution in [1.82, 2.24) is 0 Å². The molecule has 0 aromatic heterocycles. The van der Waals surface area contributed by atoms with Gasteiger partial charge in [-0.25, -0.2) is 0 Å². The Morgan fingerprint density at radius 2 is 1.57 bits per heavy atom. The van der Waals surface area contributed by atoms with Crippen molar-refractivity contribution in [3.05, 3.63) is 10.6 Å². The van der Waals surface area contributed by atoms with Crippen LogP contribution in [0.2, 0.25) is 0 Å². The molecule has 3 heteroatoms. The van der Waals surface area contributed by atoms with E-state index < -0.39 is 0 Å². The van der Waals surface area contributed by atoms with Gasteiger partial charge in [0.25, 0.3) is 0 Å². The minimum atomic E-state index is -0.0601. The molecule has 0 aromatic rings. The van der Waals surface area contributed by atoms with Crippen molar-refractivity contribution in [2.45, 2.75) is 56.9 Å². The van der Waals surface area contributed by atoms with E-state index in [1.165, 1.54) is 32.1 Å². The summed E-state index contributed by atoms with van der Waals surface area (Å²) in [4.78, 5) is 0. The number of hydrogen-bond donors (Lipinski definition) is 1. The van der Waals surface area contributed by atoms with Gasteiger partial charge in [0.15, 0.2) is 0 Å². The molecule has 0 aromatic carbocycles. The lowest BCUT2D eigenvalue weighted by atomic mass is 9.82. The Hall–Kier alpha value is 0.280. The third-order valence-corrected chi connectivity index (χ3v) is 3.32. The molecule has 1 aliphatic rings. The van der Waals surface area contributed by atoms with Crippen LogP contribution < -0.4 is 5.73 Å². The summed E-state index contributed by atoms with van der Waals surface area (Å²) < 4.78 is 0.344. The Balaban J connectivity index is 2.46. The van der Waals surface area contributed by atoms with Gasteiger partial charge in [0.2, 0.25) is 0 Å². The highest BCUT2D eigenvalue weighted by Crippen LogP contribution is 2.28. The second-order valence-corrected chi connectivity index (χ2v) is 5.34. The molecule has 82 valence electrons. The monoisotopic (exact) mass is 235 g/mol. The topological polar surface area (TPSA) is 26.0 Å². The number of hydrogen-bond acceptors (Lipinski definition) is 1. The molecule has 1 rings (SSSR count). The van der Waals surface area contributed by atoms with E-state index in [9.17, 15) is 0 Å². The van der Waals surface area contributed by atoms with Crippen LogP contribution in [0.5, 0.6) is 0 Å². The molecule has 0 aliphatic heterocycles. The van der Waals surface area contributed by atoms with Crippen LogP contribution in [0.1, 0.15) is 51.4 Å². The molecule has 0 atom stereocenters. The molecule has 1 nitrogen and oxygen atoms in total. The second-order valence-electron chi connectivity index (χ2n) is 4.33. The summed E-state index contributed by atoms with van der Waals surface area (Å²) in [6.45, 7) is 0. The molecule has 14 heavy (non-hydrogen) atoms. The van der Waals surface area contributed by atoms with E-state index in [4.69, 9.17) is 28.9 Å². The summed E-state index contributed by atoms with van der Waals surface area (Å²) in [6.07, 6.45) is 11.3. The van der Waals surface area contributed by atoms with Crippen LogP contribution in [-0.4, -0.2) is 5.54 Å². The maximum atomic E-state index is 6.31. The molecule has 1 aliphatic carbocycles. The fourth-order valence-corrected chi connectivity index (χ4v) is 2.25. The van der Waals surface area contributed by atoms with E-state index >= 15 is 0 Å². The standard InChI is InChI=1S/C11H19Cl2N/c12-10(13)6-9-11(14)7-4-2-1-3-5-8-11/h6H,1-5,7-9,14H2. The van der Waals surface area contributed by atoms with Gasteiger partial charge >= 0.3 is 0 Å². The lowest BCUT2D eigenvalue weighted by Gasteiger charge is -2.30. The molecule has 0 heterocycles. The molecule has 1 fully saturated rings. The van der Waals surface area contributed by atoms with Crippen molar-refractivity contribution in [2.75, 3.05) is 0 Å². The van der Waals surface area contributed by atoms with Gasteiger partial charge in [-0.1, -0.05) is 61.4 Å². The van der Waals surface area contributed by atoms with Crippen molar-refractivity contribution in [3.63, 3.8) is 0 Å². The zero-order chi connectivity index (χ0) is 10.4. The van der Waals surface area contributed by atoms with Crippen molar-refractivity contribution in [1.29, 1.82) is 0 Å². The van der Waals surface area contributed by atoms with Crippen molar-refractivity contribution < 1.29 is 0 Å². The zero-order valence-electron chi connectivity index (χ0n) is 8.57. The van der Waals surface area contributed by atoms with Crippen LogP contribution in [-0.2, 0) is 0 Å². The number of halogens is 2. The fourth-order valence-electron chi connectivity index (χ4n) is 2.09. The van der Waals surface area contributed by atoms with Gasteiger partial charge < -0.3 is 5.73 Å². The Labute approximate surface area is 96.6 Å². The van der Waals surface area contributed by atoms with E-state index in [1.54, 1.807) is 0 Å². The summed E-state index contributed by atoms with van der Waals surface area (Å²) >= 11 is 11.2. The molecule has 0 amide bonds. The van der Waals surface area contributed by atoms with Crippen LogP contribution >= 0.6 is 23.2 Å². The highest BCUT2D eigenvalue weighted by atomic mass is 35.5. The number of rotatable bonds is 2. The predicted molar refractivity (Wildman–Crippen MR) is 63.6 cm³/mol. The van der Waals surface area contributed by atoms with Crippen molar-refractivity contribution in [3.8, 4) is 0 Å². The van der Waals surface area contributed by atoms with Crippen molar-refractivity contribution in [2.24, 2.45) is 5.73 Å². The molecule has 0 spiro atoms. The maximum Gasteiger partial charge on any atom is 0.102 e. The summed E-state index contributed by atoms with van der Waals surface area (Å²) in [5.41, 5.74) is 6.25. The summed E-state index contributed by atoms with van der Waals surface area (Å²) in [6, 6.07) is 0. The van der Waals surface area contributed by atoms with Gasteiger partial charge in [0, 0.05) is 5.54 Å². The molecule has 0 unspecified atom stereocenters. The van der Waals surface area contributed by atoms with Crippen LogP contribution in [0.4, 0.5) is 0 Å². The largest absolute Gasteiger partial charge is 0.325 e. The number of nitrogens with two attached hydrogens (primary N) is 1. The molecule has 2 N–H and O–H groups in total. The Kier molecular flexibility index (Phi) is 5.29. The average Bonchev–Trinajstić information content (AvgIpc) is 2.09. The zero-order valence-corrected chi connectivity index (χ0v) is 10.1. The fraction of sp³-hybridized carbons (Fsp3) is 0.818. The summed E-state index contributed by atoms with van der Waals surface area (Å²) in [5.74, 6) is 0. The lowest BCUT2D eigenvalue weighted by molar-refractivity contribution is 0.319. The van der Waals surface area contributed by atoms with Gasteiger partial charge in [-0.05, 0) is 19.3 Å². The highest BCUT2D eigenvalue weighted by Gasteiger charge is 2.23. The first-order chi connectivity index (χ1) is 6.62. The molecule has 0 bridgehead atoms. The minimum absolute atomic E-state index is 0.0601. The van der Waals surface area contributed by atoms with Crippen LogP contribution in [0.3, 0.4) is 0 Å². The van der Waals surface area contributed by atoms with Crippen molar-refractivity contribution >= 4 is 23.2 Å². The third-order valence-electron chi connectivity index (χ3n) is 3.01. The highest BCUT2D eigenvalue weighted by molar-refractivity contribution is 6.55. The van der Waals surface area contributed by atoms with Crippen LogP contribution in [0.15, 0.2) is 10.6 Å². The summed E-state index contributed by atoms with van der Waals surface area (Å²) in [7, 11) is 0. The quantitative estimate of drug-likeness (QED) is 0.766. The van der Waals surface area contributed by atoms with Gasteiger partial charge in [-0.2, -0.15) is 0 Å². The van der Waals surface area contributed by atoms with E-state index in [0.717, 1.165) is 19.3 Å². The molecule has 0 radical (unpaired) electrons.